The third kappa shape index (κ3) is 6.48. The second kappa shape index (κ2) is 7.27. The second-order valence-electron chi connectivity index (χ2n) is 6.16. The first kappa shape index (κ1) is 18.0. The third-order valence-electron chi connectivity index (χ3n) is 2.80. The normalized spacial score (nSPS) is 12.8. The van der Waals surface area contributed by atoms with E-state index in [1.54, 1.807) is 18.2 Å². The maximum atomic E-state index is 12.2. The highest BCUT2D eigenvalue weighted by atomic mass is 79.9. The van der Waals surface area contributed by atoms with Crippen LogP contribution < -0.4 is 5.32 Å². The quantitative estimate of drug-likeness (QED) is 0.812. The van der Waals surface area contributed by atoms with Gasteiger partial charge in [-0.3, -0.25) is 9.59 Å². The number of carbonyl (C=O) groups is 2. The van der Waals surface area contributed by atoms with Crippen LogP contribution in [0.15, 0.2) is 22.7 Å². The molecule has 0 bridgehead atoms. The van der Waals surface area contributed by atoms with Crippen molar-refractivity contribution in [1.29, 1.82) is 0 Å². The summed E-state index contributed by atoms with van der Waals surface area (Å²) in [6.45, 7) is 6.01. The molecule has 0 aromatic heterocycles. The van der Waals surface area contributed by atoms with Gasteiger partial charge in [0, 0.05) is 16.1 Å². The first-order valence-electron chi connectivity index (χ1n) is 6.56. The summed E-state index contributed by atoms with van der Waals surface area (Å²) in [5.74, 6) is -1.25. The Morgan fingerprint density at radius 1 is 1.38 bits per heavy atom. The molecule has 0 aliphatic carbocycles. The number of nitrogens with one attached hydrogen (secondary N) is 1. The lowest BCUT2D eigenvalue weighted by atomic mass is 9.87. The SMILES string of the molecule is CC(C)(C)CC(CC(=O)O)NC(=O)c1ccc(Br)c(Cl)c1. The molecule has 1 atom stereocenters. The number of rotatable bonds is 5. The number of hydrogen-bond donors (Lipinski definition) is 2. The number of amides is 1. The number of carboxylic acids is 1. The standard InChI is InChI=1S/C15H19BrClNO3/c1-15(2,3)8-10(7-13(19)20)18-14(21)9-4-5-11(16)12(17)6-9/h4-6,10H,7-8H2,1-3H3,(H,18,21)(H,19,20). The first-order chi connectivity index (χ1) is 9.58. The molecule has 1 rings (SSSR count). The summed E-state index contributed by atoms with van der Waals surface area (Å²) < 4.78 is 0.706. The molecule has 116 valence electrons. The fraction of sp³-hybridized carbons (Fsp3) is 0.467. The molecule has 6 heteroatoms. The van der Waals surface area contributed by atoms with Crippen LogP contribution in [0.25, 0.3) is 0 Å². The highest BCUT2D eigenvalue weighted by Crippen LogP contribution is 2.24. The van der Waals surface area contributed by atoms with E-state index in [2.05, 4.69) is 21.2 Å². The van der Waals surface area contributed by atoms with Crippen molar-refractivity contribution in [3.8, 4) is 0 Å². The molecule has 0 aliphatic rings. The molecule has 0 aliphatic heterocycles. The van der Waals surface area contributed by atoms with E-state index in [0.29, 0.717) is 21.5 Å². The Labute approximate surface area is 138 Å². The number of aliphatic carboxylic acids is 1. The smallest absolute Gasteiger partial charge is 0.305 e. The average Bonchev–Trinajstić information content (AvgIpc) is 2.29. The van der Waals surface area contributed by atoms with E-state index in [1.165, 1.54) is 0 Å². The highest BCUT2D eigenvalue weighted by molar-refractivity contribution is 9.10. The number of halogens is 2. The van der Waals surface area contributed by atoms with Crippen molar-refractivity contribution >= 4 is 39.4 Å². The van der Waals surface area contributed by atoms with E-state index in [0.717, 1.165) is 0 Å². The van der Waals surface area contributed by atoms with Gasteiger partial charge in [-0.2, -0.15) is 0 Å². The summed E-state index contributed by atoms with van der Waals surface area (Å²) >= 11 is 9.22. The minimum Gasteiger partial charge on any atom is -0.481 e. The van der Waals surface area contributed by atoms with Crippen LogP contribution in [0, 0.1) is 5.41 Å². The predicted molar refractivity (Wildman–Crippen MR) is 86.7 cm³/mol. The molecule has 0 fully saturated rings. The summed E-state index contributed by atoms with van der Waals surface area (Å²) in [7, 11) is 0. The number of carbonyl (C=O) groups excluding carboxylic acids is 1. The van der Waals surface area contributed by atoms with Crippen molar-refractivity contribution < 1.29 is 14.7 Å². The third-order valence-corrected chi connectivity index (χ3v) is 4.03. The Kier molecular flexibility index (Phi) is 6.23. The van der Waals surface area contributed by atoms with E-state index >= 15 is 0 Å². The van der Waals surface area contributed by atoms with Gasteiger partial charge in [-0.25, -0.2) is 0 Å². The van der Waals surface area contributed by atoms with Gasteiger partial charge in [0.25, 0.3) is 5.91 Å². The summed E-state index contributed by atoms with van der Waals surface area (Å²) in [5.41, 5.74) is 0.331. The van der Waals surface area contributed by atoms with E-state index in [1.807, 2.05) is 20.8 Å². The van der Waals surface area contributed by atoms with Crippen LogP contribution in [-0.4, -0.2) is 23.0 Å². The van der Waals surface area contributed by atoms with Crippen molar-refractivity contribution in [3.63, 3.8) is 0 Å². The lowest BCUT2D eigenvalue weighted by molar-refractivity contribution is -0.137. The predicted octanol–water partition coefficient (Wildman–Crippen LogP) is 4.11. The molecule has 1 unspecified atom stereocenters. The maximum Gasteiger partial charge on any atom is 0.305 e. The minimum absolute atomic E-state index is 0.0786. The Hall–Kier alpha value is -1.07. The number of carboxylic acid groups (broad SMARTS) is 1. The molecule has 0 saturated heterocycles. The minimum atomic E-state index is -0.932. The Morgan fingerprint density at radius 3 is 2.48 bits per heavy atom. The van der Waals surface area contributed by atoms with Crippen molar-refractivity contribution in [2.45, 2.75) is 39.7 Å². The van der Waals surface area contributed by atoms with Gasteiger partial charge in [0.15, 0.2) is 0 Å². The monoisotopic (exact) mass is 375 g/mol. The summed E-state index contributed by atoms with van der Waals surface area (Å²) in [5, 5.41) is 12.2. The molecule has 0 radical (unpaired) electrons. The van der Waals surface area contributed by atoms with Crippen LogP contribution in [0.5, 0.6) is 0 Å². The van der Waals surface area contributed by atoms with Crippen LogP contribution >= 0.6 is 27.5 Å². The molecule has 1 aromatic carbocycles. The van der Waals surface area contributed by atoms with E-state index in [4.69, 9.17) is 16.7 Å². The molecular formula is C15H19BrClNO3. The zero-order valence-corrected chi connectivity index (χ0v) is 14.6. The number of benzene rings is 1. The number of hydrogen-bond acceptors (Lipinski definition) is 2. The van der Waals surface area contributed by atoms with E-state index in [-0.39, 0.29) is 17.7 Å². The van der Waals surface area contributed by atoms with Gasteiger partial charge in [-0.1, -0.05) is 32.4 Å². The molecule has 21 heavy (non-hydrogen) atoms. The molecule has 1 amide bonds. The molecule has 0 heterocycles. The van der Waals surface area contributed by atoms with E-state index in [9.17, 15) is 9.59 Å². The van der Waals surface area contributed by atoms with Gasteiger partial charge in [0.2, 0.25) is 0 Å². The Morgan fingerprint density at radius 2 is 2.00 bits per heavy atom. The van der Waals surface area contributed by atoms with Crippen molar-refractivity contribution in [1.82, 2.24) is 5.32 Å². The Balaban J connectivity index is 2.83. The van der Waals surface area contributed by atoms with Crippen LogP contribution in [0.4, 0.5) is 0 Å². The lowest BCUT2D eigenvalue weighted by Gasteiger charge is -2.25. The topological polar surface area (TPSA) is 66.4 Å². The van der Waals surface area contributed by atoms with Gasteiger partial charge in [0.05, 0.1) is 11.4 Å². The van der Waals surface area contributed by atoms with Gasteiger partial charge in [-0.05, 0) is 46.0 Å². The second-order valence-corrected chi connectivity index (χ2v) is 7.42. The maximum absolute atomic E-state index is 12.2. The average molecular weight is 377 g/mol. The Bertz CT molecular complexity index is 540. The van der Waals surface area contributed by atoms with Gasteiger partial charge >= 0.3 is 5.97 Å². The van der Waals surface area contributed by atoms with Crippen LogP contribution in [0.1, 0.15) is 44.0 Å². The van der Waals surface area contributed by atoms with Gasteiger partial charge in [-0.15, -0.1) is 0 Å². The highest BCUT2D eigenvalue weighted by Gasteiger charge is 2.23. The fourth-order valence-electron chi connectivity index (χ4n) is 2.03. The summed E-state index contributed by atoms with van der Waals surface area (Å²) in [6, 6.07) is 4.46. The van der Waals surface area contributed by atoms with Crippen molar-refractivity contribution in [3.05, 3.63) is 33.3 Å². The van der Waals surface area contributed by atoms with Crippen molar-refractivity contribution in [2.75, 3.05) is 0 Å². The fourth-order valence-corrected chi connectivity index (χ4v) is 2.46. The summed E-state index contributed by atoms with van der Waals surface area (Å²) in [6.07, 6.45) is 0.475. The van der Waals surface area contributed by atoms with E-state index < -0.39 is 12.0 Å². The van der Waals surface area contributed by atoms with Crippen LogP contribution in [-0.2, 0) is 4.79 Å². The van der Waals surface area contributed by atoms with Crippen molar-refractivity contribution in [2.24, 2.45) is 5.41 Å². The lowest BCUT2D eigenvalue weighted by Crippen LogP contribution is -2.39. The zero-order valence-electron chi connectivity index (χ0n) is 12.2. The molecule has 0 saturated carbocycles. The molecule has 2 N–H and O–H groups in total. The van der Waals surface area contributed by atoms with Crippen LogP contribution in [0.2, 0.25) is 5.02 Å². The largest absolute Gasteiger partial charge is 0.481 e. The molecule has 4 nitrogen and oxygen atoms in total. The molecule has 0 spiro atoms. The van der Waals surface area contributed by atoms with Gasteiger partial charge < -0.3 is 10.4 Å². The molecule has 1 aromatic rings. The van der Waals surface area contributed by atoms with Gasteiger partial charge in [0.1, 0.15) is 0 Å². The van der Waals surface area contributed by atoms with Crippen LogP contribution in [0.3, 0.4) is 0 Å². The molecular weight excluding hydrogens is 358 g/mol. The first-order valence-corrected chi connectivity index (χ1v) is 7.73. The zero-order chi connectivity index (χ0) is 16.2. The summed E-state index contributed by atoms with van der Waals surface area (Å²) in [4.78, 5) is 23.1.